The highest BCUT2D eigenvalue weighted by molar-refractivity contribution is 6.08. The highest BCUT2D eigenvalue weighted by Gasteiger charge is 2.32. The summed E-state index contributed by atoms with van der Waals surface area (Å²) in [6.07, 6.45) is -1.48. The fourth-order valence-corrected chi connectivity index (χ4v) is 3.52. The minimum atomic E-state index is -4.50. The van der Waals surface area contributed by atoms with Crippen LogP contribution in [0.25, 0.3) is 0 Å². The molecule has 148 valence electrons. The third-order valence-electron chi connectivity index (χ3n) is 4.91. The molecule has 1 saturated heterocycles. The van der Waals surface area contributed by atoms with E-state index in [2.05, 4.69) is 5.32 Å². The molecular formula is C20H19F3N2O3. The molecule has 0 bridgehead atoms. The zero-order chi connectivity index (χ0) is 19.7. The molecule has 2 aromatic carbocycles. The standard InChI is InChI=1S/C20H19F3N2O3/c21-20(22,23)13-7-8-16(25-9-2-1-3-10-25)15(11-13)24-19(26)14-5-4-6-17-18(14)28-12-27-17/h4-8,11H,1-3,9-10,12H2,(H,24,26). The van der Waals surface area contributed by atoms with Gasteiger partial charge in [0.25, 0.3) is 5.91 Å². The Labute approximate surface area is 160 Å². The number of halogens is 3. The van der Waals surface area contributed by atoms with Crippen molar-refractivity contribution in [1.29, 1.82) is 0 Å². The van der Waals surface area contributed by atoms with Crippen molar-refractivity contribution in [3.8, 4) is 11.5 Å². The Morgan fingerprint density at radius 3 is 2.57 bits per heavy atom. The second-order valence-electron chi connectivity index (χ2n) is 6.77. The minimum Gasteiger partial charge on any atom is -0.454 e. The van der Waals surface area contributed by atoms with Gasteiger partial charge in [-0.1, -0.05) is 6.07 Å². The molecule has 0 atom stereocenters. The second-order valence-corrected chi connectivity index (χ2v) is 6.77. The van der Waals surface area contributed by atoms with E-state index in [0.29, 0.717) is 17.2 Å². The molecule has 0 aromatic heterocycles. The van der Waals surface area contributed by atoms with Gasteiger partial charge < -0.3 is 19.7 Å². The quantitative estimate of drug-likeness (QED) is 0.824. The van der Waals surface area contributed by atoms with E-state index in [1.807, 2.05) is 4.90 Å². The lowest BCUT2D eigenvalue weighted by Gasteiger charge is -2.31. The number of hydrogen-bond donors (Lipinski definition) is 1. The number of carbonyl (C=O) groups is 1. The number of carbonyl (C=O) groups excluding carboxylic acids is 1. The molecular weight excluding hydrogens is 373 g/mol. The third-order valence-corrected chi connectivity index (χ3v) is 4.91. The lowest BCUT2D eigenvalue weighted by atomic mass is 10.1. The molecule has 28 heavy (non-hydrogen) atoms. The highest BCUT2D eigenvalue weighted by atomic mass is 19.4. The highest BCUT2D eigenvalue weighted by Crippen LogP contribution is 2.38. The van der Waals surface area contributed by atoms with Crippen LogP contribution in [0, 0.1) is 0 Å². The van der Waals surface area contributed by atoms with Gasteiger partial charge in [-0.2, -0.15) is 13.2 Å². The van der Waals surface area contributed by atoms with Gasteiger partial charge in [0.1, 0.15) is 0 Å². The van der Waals surface area contributed by atoms with E-state index >= 15 is 0 Å². The van der Waals surface area contributed by atoms with Crippen molar-refractivity contribution < 1.29 is 27.4 Å². The van der Waals surface area contributed by atoms with E-state index in [1.165, 1.54) is 6.07 Å². The topological polar surface area (TPSA) is 50.8 Å². The van der Waals surface area contributed by atoms with Gasteiger partial charge >= 0.3 is 6.18 Å². The van der Waals surface area contributed by atoms with Crippen LogP contribution >= 0.6 is 0 Å². The average molecular weight is 392 g/mol. The Kier molecular flexibility index (Phi) is 4.78. The number of hydrogen-bond acceptors (Lipinski definition) is 4. The van der Waals surface area contributed by atoms with Crippen LogP contribution in [0.2, 0.25) is 0 Å². The Hall–Kier alpha value is -2.90. The van der Waals surface area contributed by atoms with E-state index in [9.17, 15) is 18.0 Å². The van der Waals surface area contributed by atoms with Gasteiger partial charge in [0.2, 0.25) is 6.79 Å². The number of ether oxygens (including phenoxy) is 2. The number of benzene rings is 2. The van der Waals surface area contributed by atoms with Crippen molar-refractivity contribution in [3.05, 3.63) is 47.5 Å². The van der Waals surface area contributed by atoms with E-state index in [4.69, 9.17) is 9.47 Å². The minimum absolute atomic E-state index is 0.00220. The molecule has 1 fully saturated rings. The molecule has 4 rings (SSSR count). The summed E-state index contributed by atoms with van der Waals surface area (Å²) in [6.45, 7) is 1.49. The van der Waals surface area contributed by atoms with Crippen LogP contribution in [0.15, 0.2) is 36.4 Å². The fourth-order valence-electron chi connectivity index (χ4n) is 3.52. The third kappa shape index (κ3) is 3.58. The van der Waals surface area contributed by atoms with Crippen molar-refractivity contribution in [1.82, 2.24) is 0 Å². The predicted molar refractivity (Wildman–Crippen MR) is 98.0 cm³/mol. The summed E-state index contributed by atoms with van der Waals surface area (Å²) < 4.78 is 50.3. The fraction of sp³-hybridized carbons (Fsp3) is 0.350. The first-order valence-corrected chi connectivity index (χ1v) is 9.09. The molecule has 2 aliphatic rings. The van der Waals surface area contributed by atoms with Crippen LogP contribution in [-0.2, 0) is 6.18 Å². The Morgan fingerprint density at radius 2 is 1.82 bits per heavy atom. The van der Waals surface area contributed by atoms with E-state index in [1.54, 1.807) is 18.2 Å². The number of anilines is 2. The maximum atomic E-state index is 13.2. The maximum Gasteiger partial charge on any atom is 0.416 e. The van der Waals surface area contributed by atoms with Crippen molar-refractivity contribution >= 4 is 17.3 Å². The number of fused-ring (bicyclic) bond motifs is 1. The summed E-state index contributed by atoms with van der Waals surface area (Å²) >= 11 is 0. The van der Waals surface area contributed by atoms with Gasteiger partial charge in [0.05, 0.1) is 22.5 Å². The molecule has 2 aromatic rings. The molecule has 2 aliphatic heterocycles. The molecule has 0 aliphatic carbocycles. The van der Waals surface area contributed by atoms with Crippen molar-refractivity contribution in [2.75, 3.05) is 30.1 Å². The zero-order valence-electron chi connectivity index (χ0n) is 15.0. The molecule has 1 amide bonds. The summed E-state index contributed by atoms with van der Waals surface area (Å²) in [5, 5.41) is 2.65. The molecule has 0 unspecified atom stereocenters. The van der Waals surface area contributed by atoms with Gasteiger partial charge in [-0.25, -0.2) is 0 Å². The maximum absolute atomic E-state index is 13.2. The normalized spacial score (nSPS) is 16.2. The van der Waals surface area contributed by atoms with Gasteiger partial charge in [-0.3, -0.25) is 4.79 Å². The van der Waals surface area contributed by atoms with E-state index in [-0.39, 0.29) is 18.0 Å². The molecule has 0 radical (unpaired) electrons. The first kappa shape index (κ1) is 18.5. The van der Waals surface area contributed by atoms with Crippen molar-refractivity contribution in [2.45, 2.75) is 25.4 Å². The number of amides is 1. The van der Waals surface area contributed by atoms with Gasteiger partial charge in [0, 0.05) is 13.1 Å². The summed E-state index contributed by atoms with van der Waals surface area (Å²) in [5.41, 5.74) is 0.141. The number of nitrogens with one attached hydrogen (secondary N) is 1. The van der Waals surface area contributed by atoms with Crippen LogP contribution in [0.1, 0.15) is 35.2 Å². The number of para-hydroxylation sites is 1. The summed E-state index contributed by atoms with van der Waals surface area (Å²) in [6, 6.07) is 8.33. The number of nitrogens with zero attached hydrogens (tertiary/aromatic N) is 1. The van der Waals surface area contributed by atoms with Crippen LogP contribution < -0.4 is 19.7 Å². The lowest BCUT2D eigenvalue weighted by molar-refractivity contribution is -0.137. The number of alkyl halides is 3. The van der Waals surface area contributed by atoms with Crippen molar-refractivity contribution in [2.24, 2.45) is 0 Å². The van der Waals surface area contributed by atoms with Crippen LogP contribution in [0.3, 0.4) is 0 Å². The van der Waals surface area contributed by atoms with Crippen LogP contribution in [-0.4, -0.2) is 25.8 Å². The molecule has 0 spiro atoms. The van der Waals surface area contributed by atoms with Crippen LogP contribution in [0.5, 0.6) is 11.5 Å². The predicted octanol–water partition coefficient (Wildman–Crippen LogP) is 4.68. The van der Waals surface area contributed by atoms with E-state index < -0.39 is 17.6 Å². The SMILES string of the molecule is O=C(Nc1cc(C(F)(F)F)ccc1N1CCCCC1)c1cccc2c1OCO2. The summed E-state index contributed by atoms with van der Waals surface area (Å²) in [7, 11) is 0. The summed E-state index contributed by atoms with van der Waals surface area (Å²) in [4.78, 5) is 14.8. The molecule has 8 heteroatoms. The lowest BCUT2D eigenvalue weighted by Crippen LogP contribution is -2.30. The Balaban J connectivity index is 1.68. The van der Waals surface area contributed by atoms with Crippen LogP contribution in [0.4, 0.5) is 24.5 Å². The molecule has 5 nitrogen and oxygen atoms in total. The summed E-state index contributed by atoms with van der Waals surface area (Å²) in [5.74, 6) is 0.194. The zero-order valence-corrected chi connectivity index (χ0v) is 15.0. The largest absolute Gasteiger partial charge is 0.454 e. The number of rotatable bonds is 3. The average Bonchev–Trinajstić information content (AvgIpc) is 3.16. The van der Waals surface area contributed by atoms with Gasteiger partial charge in [-0.05, 0) is 49.6 Å². The van der Waals surface area contributed by atoms with Crippen molar-refractivity contribution in [3.63, 3.8) is 0 Å². The monoisotopic (exact) mass is 392 g/mol. The second kappa shape index (κ2) is 7.26. The van der Waals surface area contributed by atoms with Gasteiger partial charge in [-0.15, -0.1) is 0 Å². The molecule has 0 saturated carbocycles. The van der Waals surface area contributed by atoms with E-state index in [0.717, 1.165) is 44.5 Å². The Bertz CT molecular complexity index is 893. The first-order chi connectivity index (χ1) is 13.4. The molecule has 2 heterocycles. The smallest absolute Gasteiger partial charge is 0.416 e. The number of piperidine rings is 1. The molecule has 1 N–H and O–H groups in total. The first-order valence-electron chi connectivity index (χ1n) is 9.09. The van der Waals surface area contributed by atoms with Gasteiger partial charge in [0.15, 0.2) is 11.5 Å². The Morgan fingerprint density at radius 1 is 1.04 bits per heavy atom.